The van der Waals surface area contributed by atoms with E-state index in [2.05, 4.69) is 20.6 Å². The number of halogens is 1. The lowest BCUT2D eigenvalue weighted by Gasteiger charge is -2.32. The number of aromatic nitrogens is 2. The quantitative estimate of drug-likeness (QED) is 0.566. The maximum atomic E-state index is 12.8. The average Bonchev–Trinajstić information content (AvgIpc) is 3.48. The molecule has 1 aliphatic heterocycles. The molecule has 32 heavy (non-hydrogen) atoms. The molecule has 3 aromatic rings. The van der Waals surface area contributed by atoms with Crippen molar-refractivity contribution in [2.75, 3.05) is 23.7 Å². The highest BCUT2D eigenvalue weighted by Gasteiger charge is 2.29. The summed E-state index contributed by atoms with van der Waals surface area (Å²) in [6.07, 6.45) is 4.41. The zero-order valence-electron chi connectivity index (χ0n) is 16.9. The molecule has 3 aromatic heterocycles. The summed E-state index contributed by atoms with van der Waals surface area (Å²) in [6, 6.07) is 6.47. The Morgan fingerprint density at radius 1 is 1.25 bits per heavy atom. The number of rotatable bonds is 6. The number of anilines is 2. The van der Waals surface area contributed by atoms with Crippen LogP contribution in [0.2, 0.25) is 5.02 Å². The largest absolute Gasteiger partial charge is 0.459 e. The molecule has 0 aromatic carbocycles. The minimum Gasteiger partial charge on any atom is -0.459 e. The SMILES string of the molecule is O=C(Nc1nc(CC(=O)N2CCCC(C(=O)Nc3ccc(Cl)cn3)C2)cs1)c1ccco1. The minimum atomic E-state index is -0.401. The van der Waals surface area contributed by atoms with E-state index in [1.165, 1.54) is 23.8 Å². The highest BCUT2D eigenvalue weighted by molar-refractivity contribution is 7.14. The zero-order chi connectivity index (χ0) is 22.5. The fourth-order valence-electron chi connectivity index (χ4n) is 3.37. The second kappa shape index (κ2) is 9.92. The lowest BCUT2D eigenvalue weighted by Crippen LogP contribution is -2.44. The van der Waals surface area contributed by atoms with Crippen LogP contribution < -0.4 is 10.6 Å². The first-order valence-corrected chi connectivity index (χ1v) is 11.2. The summed E-state index contributed by atoms with van der Waals surface area (Å²) >= 11 is 7.05. The Morgan fingerprint density at radius 3 is 2.88 bits per heavy atom. The van der Waals surface area contributed by atoms with E-state index < -0.39 is 5.91 Å². The number of nitrogens with zero attached hydrogens (tertiary/aromatic N) is 3. The molecule has 11 heteroatoms. The molecular weight excluding hydrogens is 454 g/mol. The van der Waals surface area contributed by atoms with Gasteiger partial charge in [-0.05, 0) is 37.1 Å². The summed E-state index contributed by atoms with van der Waals surface area (Å²) in [7, 11) is 0. The number of furan rings is 1. The second-order valence-corrected chi connectivity index (χ2v) is 8.58. The Morgan fingerprint density at radius 2 is 2.12 bits per heavy atom. The van der Waals surface area contributed by atoms with Gasteiger partial charge in [0.25, 0.3) is 5.91 Å². The third kappa shape index (κ3) is 5.51. The van der Waals surface area contributed by atoms with E-state index in [-0.39, 0.29) is 29.9 Å². The summed E-state index contributed by atoms with van der Waals surface area (Å²) < 4.78 is 5.05. The van der Waals surface area contributed by atoms with E-state index in [1.807, 2.05) is 0 Å². The van der Waals surface area contributed by atoms with Gasteiger partial charge >= 0.3 is 0 Å². The summed E-state index contributed by atoms with van der Waals surface area (Å²) in [5.41, 5.74) is 0.562. The van der Waals surface area contributed by atoms with Crippen LogP contribution in [0.4, 0.5) is 10.9 Å². The smallest absolute Gasteiger partial charge is 0.293 e. The van der Waals surface area contributed by atoms with Gasteiger partial charge in [0.05, 0.1) is 29.3 Å². The molecule has 4 rings (SSSR count). The zero-order valence-corrected chi connectivity index (χ0v) is 18.5. The Bertz CT molecular complexity index is 1100. The average molecular weight is 474 g/mol. The van der Waals surface area contributed by atoms with Crippen molar-refractivity contribution in [2.24, 2.45) is 5.92 Å². The molecule has 0 radical (unpaired) electrons. The van der Waals surface area contributed by atoms with E-state index in [0.717, 1.165) is 6.42 Å². The number of piperidine rings is 1. The van der Waals surface area contributed by atoms with E-state index in [9.17, 15) is 14.4 Å². The number of nitrogens with one attached hydrogen (secondary N) is 2. The van der Waals surface area contributed by atoms with Crippen LogP contribution in [0.5, 0.6) is 0 Å². The Kier molecular flexibility index (Phi) is 6.81. The second-order valence-electron chi connectivity index (χ2n) is 7.28. The van der Waals surface area contributed by atoms with Crippen molar-refractivity contribution < 1.29 is 18.8 Å². The van der Waals surface area contributed by atoms with Crippen LogP contribution in [0.25, 0.3) is 0 Å². The van der Waals surface area contributed by atoms with E-state index in [4.69, 9.17) is 16.0 Å². The van der Waals surface area contributed by atoms with E-state index in [1.54, 1.807) is 34.5 Å². The number of carbonyl (C=O) groups is 3. The number of likely N-dealkylation sites (tertiary alicyclic amines) is 1. The number of pyridine rings is 1. The van der Waals surface area contributed by atoms with Gasteiger partial charge in [0, 0.05) is 24.7 Å². The van der Waals surface area contributed by atoms with Crippen LogP contribution in [0.15, 0.2) is 46.5 Å². The van der Waals surface area contributed by atoms with Crippen molar-refractivity contribution in [3.05, 3.63) is 58.6 Å². The first-order chi connectivity index (χ1) is 15.5. The molecular formula is C21H20ClN5O4S. The molecule has 9 nitrogen and oxygen atoms in total. The van der Waals surface area contributed by atoms with Crippen molar-refractivity contribution in [3.8, 4) is 0 Å². The summed E-state index contributed by atoms with van der Waals surface area (Å²) in [4.78, 5) is 47.5. The summed E-state index contributed by atoms with van der Waals surface area (Å²) in [5, 5.41) is 8.04. The molecule has 0 bridgehead atoms. The normalized spacial score (nSPS) is 15.9. The van der Waals surface area contributed by atoms with Crippen LogP contribution >= 0.6 is 22.9 Å². The molecule has 166 valence electrons. The Labute approximate surface area is 192 Å². The van der Waals surface area contributed by atoms with E-state index >= 15 is 0 Å². The third-order valence-electron chi connectivity index (χ3n) is 4.97. The Hall–Kier alpha value is -3.24. The molecule has 1 saturated heterocycles. The topological polar surface area (TPSA) is 117 Å². The number of thiazole rings is 1. The van der Waals surface area contributed by atoms with Gasteiger partial charge in [-0.25, -0.2) is 9.97 Å². The summed E-state index contributed by atoms with van der Waals surface area (Å²) in [6.45, 7) is 0.929. The first-order valence-electron chi connectivity index (χ1n) is 9.97. The molecule has 0 spiro atoms. The van der Waals surface area contributed by atoms with Crippen molar-refractivity contribution in [3.63, 3.8) is 0 Å². The molecule has 3 amide bonds. The molecule has 2 N–H and O–H groups in total. The van der Waals surface area contributed by atoms with Crippen molar-refractivity contribution in [2.45, 2.75) is 19.3 Å². The lowest BCUT2D eigenvalue weighted by molar-refractivity contribution is -0.134. The van der Waals surface area contributed by atoms with Gasteiger partial charge in [-0.3, -0.25) is 19.7 Å². The highest BCUT2D eigenvalue weighted by Crippen LogP contribution is 2.21. The monoisotopic (exact) mass is 473 g/mol. The third-order valence-corrected chi connectivity index (χ3v) is 6.00. The van der Waals surface area contributed by atoms with E-state index in [0.29, 0.717) is 41.2 Å². The number of hydrogen-bond acceptors (Lipinski definition) is 7. The molecule has 0 saturated carbocycles. The Balaban J connectivity index is 1.30. The van der Waals surface area contributed by atoms with Crippen LogP contribution in [-0.2, 0) is 16.0 Å². The van der Waals surface area contributed by atoms with Gasteiger partial charge in [0.1, 0.15) is 5.82 Å². The molecule has 0 aliphatic carbocycles. The molecule has 1 atom stereocenters. The summed E-state index contributed by atoms with van der Waals surface area (Å²) in [5.74, 6) is -0.389. The van der Waals surface area contributed by atoms with Crippen molar-refractivity contribution in [1.29, 1.82) is 0 Å². The fourth-order valence-corrected chi connectivity index (χ4v) is 4.19. The van der Waals surface area contributed by atoms with Crippen molar-refractivity contribution >= 4 is 51.6 Å². The number of hydrogen-bond donors (Lipinski definition) is 2. The van der Waals surface area contributed by atoms with Gasteiger partial charge in [0.15, 0.2) is 10.9 Å². The minimum absolute atomic E-state index is 0.0974. The van der Waals surface area contributed by atoms with Crippen LogP contribution in [0.3, 0.4) is 0 Å². The number of amides is 3. The first kappa shape index (κ1) is 22.0. The van der Waals surface area contributed by atoms with Crippen LogP contribution in [-0.4, -0.2) is 45.7 Å². The predicted octanol–water partition coefficient (Wildman–Crippen LogP) is 3.46. The maximum Gasteiger partial charge on any atom is 0.293 e. The van der Waals surface area contributed by atoms with Gasteiger partial charge < -0.3 is 14.6 Å². The molecule has 4 heterocycles. The van der Waals surface area contributed by atoms with Gasteiger partial charge in [-0.15, -0.1) is 11.3 Å². The van der Waals surface area contributed by atoms with Crippen molar-refractivity contribution in [1.82, 2.24) is 14.9 Å². The van der Waals surface area contributed by atoms with Crippen LogP contribution in [0, 0.1) is 5.92 Å². The van der Waals surface area contributed by atoms with Crippen LogP contribution in [0.1, 0.15) is 29.1 Å². The molecule has 1 aliphatic rings. The van der Waals surface area contributed by atoms with Gasteiger partial charge in [0.2, 0.25) is 11.8 Å². The highest BCUT2D eigenvalue weighted by atomic mass is 35.5. The fraction of sp³-hybridized carbons (Fsp3) is 0.286. The molecule has 1 unspecified atom stereocenters. The lowest BCUT2D eigenvalue weighted by atomic mass is 9.96. The predicted molar refractivity (Wildman–Crippen MR) is 120 cm³/mol. The van der Waals surface area contributed by atoms with Gasteiger partial charge in [-0.1, -0.05) is 11.6 Å². The molecule has 1 fully saturated rings. The van der Waals surface area contributed by atoms with Gasteiger partial charge in [-0.2, -0.15) is 0 Å². The maximum absolute atomic E-state index is 12.8. The standard InChI is InChI=1S/C21H20ClN5O4S/c22-14-5-6-17(23-10-14)25-19(29)13-3-1-7-27(11-13)18(28)9-15-12-32-21(24-15)26-20(30)16-4-2-8-31-16/h2,4-6,8,10,12-13H,1,3,7,9,11H2,(H,23,25,29)(H,24,26,30). The number of carbonyl (C=O) groups excluding carboxylic acids is 3.